The van der Waals surface area contributed by atoms with Gasteiger partial charge in [-0.1, -0.05) is 12.1 Å². The highest BCUT2D eigenvalue weighted by atomic mass is 79.9. The van der Waals surface area contributed by atoms with Crippen molar-refractivity contribution in [3.63, 3.8) is 0 Å². The first-order valence-electron chi connectivity index (χ1n) is 7.45. The van der Waals surface area contributed by atoms with Gasteiger partial charge in [0, 0.05) is 12.5 Å². The molecule has 1 saturated carbocycles. The van der Waals surface area contributed by atoms with Gasteiger partial charge in [0.05, 0.1) is 17.0 Å². The third-order valence-electron chi connectivity index (χ3n) is 3.79. The molecule has 120 valence electrons. The number of carboxylic acid groups (broad SMARTS) is 1. The first kappa shape index (κ1) is 16.8. The van der Waals surface area contributed by atoms with E-state index in [4.69, 9.17) is 9.84 Å². The summed E-state index contributed by atoms with van der Waals surface area (Å²) in [5.74, 6) is -0.350. The van der Waals surface area contributed by atoms with Gasteiger partial charge in [0.15, 0.2) is 0 Å². The van der Waals surface area contributed by atoms with Crippen LogP contribution in [0.15, 0.2) is 28.7 Å². The number of rotatable bonds is 7. The second kappa shape index (κ2) is 8.17. The van der Waals surface area contributed by atoms with Crippen molar-refractivity contribution in [3.05, 3.63) is 28.7 Å². The van der Waals surface area contributed by atoms with Crippen molar-refractivity contribution < 1.29 is 19.4 Å². The number of carbonyl (C=O) groups excluding carboxylic acids is 1. The number of ether oxygens (including phenoxy) is 1. The number of para-hydroxylation sites is 1. The van der Waals surface area contributed by atoms with Crippen molar-refractivity contribution in [2.45, 2.75) is 38.1 Å². The lowest BCUT2D eigenvalue weighted by Gasteiger charge is -2.12. The van der Waals surface area contributed by atoms with Crippen LogP contribution in [0.5, 0.6) is 5.75 Å². The van der Waals surface area contributed by atoms with E-state index < -0.39 is 5.97 Å². The summed E-state index contributed by atoms with van der Waals surface area (Å²) in [5.41, 5.74) is 0. The molecule has 2 N–H and O–H groups in total. The van der Waals surface area contributed by atoms with Crippen LogP contribution in [-0.2, 0) is 9.59 Å². The Morgan fingerprint density at radius 1 is 1.32 bits per heavy atom. The van der Waals surface area contributed by atoms with Crippen molar-refractivity contribution in [1.82, 2.24) is 5.32 Å². The first-order chi connectivity index (χ1) is 10.6. The van der Waals surface area contributed by atoms with Gasteiger partial charge in [0.2, 0.25) is 5.91 Å². The number of halogens is 1. The van der Waals surface area contributed by atoms with E-state index >= 15 is 0 Å². The summed E-state index contributed by atoms with van der Waals surface area (Å²) >= 11 is 3.40. The minimum atomic E-state index is -0.765. The molecular weight excluding hydrogens is 350 g/mol. The Morgan fingerprint density at radius 2 is 2.09 bits per heavy atom. The third-order valence-corrected chi connectivity index (χ3v) is 4.44. The van der Waals surface area contributed by atoms with Gasteiger partial charge in [-0.2, -0.15) is 0 Å². The molecule has 1 fully saturated rings. The summed E-state index contributed by atoms with van der Waals surface area (Å²) in [6, 6.07) is 7.58. The van der Waals surface area contributed by atoms with Crippen LogP contribution in [0.3, 0.4) is 0 Å². The van der Waals surface area contributed by atoms with E-state index in [-0.39, 0.29) is 17.9 Å². The Bertz CT molecular complexity index is 535. The Kier molecular flexibility index (Phi) is 6.24. The van der Waals surface area contributed by atoms with E-state index in [9.17, 15) is 9.59 Å². The molecule has 0 heterocycles. The SMILES string of the molecule is O=C(CCCOc1ccccc1Br)N[C@H]1CC[C@@H](C(=O)O)C1. The van der Waals surface area contributed by atoms with Gasteiger partial charge in [-0.3, -0.25) is 9.59 Å². The highest BCUT2D eigenvalue weighted by Gasteiger charge is 2.30. The monoisotopic (exact) mass is 369 g/mol. The second-order valence-electron chi connectivity index (χ2n) is 5.50. The molecule has 6 heteroatoms. The van der Waals surface area contributed by atoms with Crippen LogP contribution in [-0.4, -0.2) is 29.6 Å². The molecule has 0 radical (unpaired) electrons. The Hall–Kier alpha value is -1.56. The van der Waals surface area contributed by atoms with Gasteiger partial charge in [0.25, 0.3) is 0 Å². The maximum atomic E-state index is 11.8. The molecule has 2 atom stereocenters. The van der Waals surface area contributed by atoms with Crippen LogP contribution in [0, 0.1) is 5.92 Å². The van der Waals surface area contributed by atoms with Crippen molar-refractivity contribution >= 4 is 27.8 Å². The molecule has 1 amide bonds. The summed E-state index contributed by atoms with van der Waals surface area (Å²) in [6.45, 7) is 0.471. The second-order valence-corrected chi connectivity index (χ2v) is 6.35. The van der Waals surface area contributed by atoms with Crippen molar-refractivity contribution in [1.29, 1.82) is 0 Å². The fraction of sp³-hybridized carbons (Fsp3) is 0.500. The minimum absolute atomic E-state index is 0.00205. The minimum Gasteiger partial charge on any atom is -0.492 e. The molecule has 0 saturated heterocycles. The van der Waals surface area contributed by atoms with Crippen LogP contribution < -0.4 is 10.1 Å². The quantitative estimate of drug-likeness (QED) is 0.724. The lowest BCUT2D eigenvalue weighted by molar-refractivity contribution is -0.141. The Labute approximate surface area is 138 Å². The number of hydrogen-bond donors (Lipinski definition) is 2. The van der Waals surface area contributed by atoms with E-state index in [0.717, 1.165) is 16.6 Å². The topological polar surface area (TPSA) is 75.6 Å². The fourth-order valence-electron chi connectivity index (χ4n) is 2.61. The fourth-order valence-corrected chi connectivity index (χ4v) is 3.01. The first-order valence-corrected chi connectivity index (χ1v) is 8.25. The lowest BCUT2D eigenvalue weighted by atomic mass is 10.1. The molecule has 1 aromatic rings. The molecule has 5 nitrogen and oxygen atoms in total. The normalized spacial score (nSPS) is 20.6. The van der Waals surface area contributed by atoms with E-state index in [0.29, 0.717) is 32.3 Å². The molecule has 0 aromatic heterocycles. The van der Waals surface area contributed by atoms with Crippen molar-refractivity contribution in [3.8, 4) is 5.75 Å². The smallest absolute Gasteiger partial charge is 0.306 e. The molecule has 2 rings (SSSR count). The number of aliphatic carboxylic acids is 1. The van der Waals surface area contributed by atoms with Crippen LogP contribution in [0.2, 0.25) is 0 Å². The zero-order valence-electron chi connectivity index (χ0n) is 12.3. The highest BCUT2D eigenvalue weighted by Crippen LogP contribution is 2.26. The third kappa shape index (κ3) is 5.02. The zero-order chi connectivity index (χ0) is 15.9. The van der Waals surface area contributed by atoms with Gasteiger partial charge in [0.1, 0.15) is 5.75 Å². The van der Waals surface area contributed by atoms with E-state index in [1.807, 2.05) is 24.3 Å². The average Bonchev–Trinajstić information content (AvgIpc) is 2.94. The van der Waals surface area contributed by atoms with Crippen LogP contribution in [0.1, 0.15) is 32.1 Å². The molecule has 0 bridgehead atoms. The van der Waals surface area contributed by atoms with Gasteiger partial charge >= 0.3 is 5.97 Å². The van der Waals surface area contributed by atoms with Crippen molar-refractivity contribution in [2.75, 3.05) is 6.61 Å². The molecule has 22 heavy (non-hydrogen) atoms. The average molecular weight is 370 g/mol. The molecule has 0 unspecified atom stereocenters. The lowest BCUT2D eigenvalue weighted by Crippen LogP contribution is -2.33. The van der Waals surface area contributed by atoms with E-state index in [2.05, 4.69) is 21.2 Å². The van der Waals surface area contributed by atoms with Gasteiger partial charge in [-0.25, -0.2) is 0 Å². The molecular formula is C16H20BrNO4. The van der Waals surface area contributed by atoms with Gasteiger partial charge in [-0.05, 0) is 53.7 Å². The predicted molar refractivity (Wildman–Crippen MR) is 85.8 cm³/mol. The number of benzene rings is 1. The predicted octanol–water partition coefficient (Wildman–Crippen LogP) is 2.98. The number of hydrogen-bond acceptors (Lipinski definition) is 3. The van der Waals surface area contributed by atoms with Crippen LogP contribution in [0.4, 0.5) is 0 Å². The summed E-state index contributed by atoms with van der Waals surface area (Å²) in [4.78, 5) is 22.7. The number of amides is 1. The largest absolute Gasteiger partial charge is 0.492 e. The van der Waals surface area contributed by atoms with Crippen LogP contribution >= 0.6 is 15.9 Å². The molecule has 1 aromatic carbocycles. The summed E-state index contributed by atoms with van der Waals surface area (Å²) in [6.07, 6.45) is 2.94. The molecule has 1 aliphatic carbocycles. The van der Waals surface area contributed by atoms with Gasteiger partial charge in [-0.15, -0.1) is 0 Å². The summed E-state index contributed by atoms with van der Waals surface area (Å²) < 4.78 is 6.49. The summed E-state index contributed by atoms with van der Waals surface area (Å²) in [5, 5.41) is 11.8. The standard InChI is InChI=1S/C16H20BrNO4/c17-13-4-1-2-5-14(13)22-9-3-6-15(19)18-12-8-7-11(10-12)16(20)21/h1-2,4-5,11-12H,3,6-10H2,(H,18,19)(H,20,21)/t11-,12+/m1/s1. The van der Waals surface area contributed by atoms with Crippen LogP contribution in [0.25, 0.3) is 0 Å². The Morgan fingerprint density at radius 3 is 2.77 bits per heavy atom. The highest BCUT2D eigenvalue weighted by molar-refractivity contribution is 9.10. The number of nitrogens with one attached hydrogen (secondary N) is 1. The maximum absolute atomic E-state index is 11.8. The molecule has 0 aliphatic heterocycles. The van der Waals surface area contributed by atoms with Crippen molar-refractivity contribution in [2.24, 2.45) is 5.92 Å². The van der Waals surface area contributed by atoms with E-state index in [1.54, 1.807) is 0 Å². The Balaban J connectivity index is 1.62. The molecule has 0 spiro atoms. The van der Waals surface area contributed by atoms with E-state index in [1.165, 1.54) is 0 Å². The maximum Gasteiger partial charge on any atom is 0.306 e. The van der Waals surface area contributed by atoms with Gasteiger partial charge < -0.3 is 15.2 Å². The number of carbonyl (C=O) groups is 2. The number of carboxylic acids is 1. The summed E-state index contributed by atoms with van der Waals surface area (Å²) in [7, 11) is 0. The molecule has 1 aliphatic rings. The zero-order valence-corrected chi connectivity index (χ0v) is 13.8.